The van der Waals surface area contributed by atoms with Crippen molar-refractivity contribution in [3.05, 3.63) is 60.7 Å². The zero-order valence-electron chi connectivity index (χ0n) is 17.5. The third-order valence-electron chi connectivity index (χ3n) is 7.20. The predicted octanol–water partition coefficient (Wildman–Crippen LogP) is 4.57. The number of hydrogen-bond acceptors (Lipinski definition) is 2. The van der Waals surface area contributed by atoms with Crippen molar-refractivity contribution in [2.24, 2.45) is 17.3 Å². The second-order valence-corrected chi connectivity index (χ2v) is 14.0. The molecule has 2 fully saturated rings. The van der Waals surface area contributed by atoms with Crippen LogP contribution in [0.4, 0.5) is 0 Å². The number of carbonyl (C=O) groups is 1. The summed E-state index contributed by atoms with van der Waals surface area (Å²) in [6, 6.07) is 21.7. The molecule has 0 amide bonds. The molecule has 4 rings (SSSR count). The summed E-state index contributed by atoms with van der Waals surface area (Å²) in [7, 11) is -2.54. The maximum atomic E-state index is 11.8. The largest absolute Gasteiger partial charge is 0.404 e. The summed E-state index contributed by atoms with van der Waals surface area (Å²) in [4.78, 5) is 11.8. The van der Waals surface area contributed by atoms with Crippen LogP contribution in [0.25, 0.3) is 0 Å². The van der Waals surface area contributed by atoms with Gasteiger partial charge in [-0.05, 0) is 40.1 Å². The van der Waals surface area contributed by atoms with Crippen molar-refractivity contribution in [1.82, 2.24) is 0 Å². The van der Waals surface area contributed by atoms with E-state index in [1.54, 1.807) is 0 Å². The predicted molar refractivity (Wildman–Crippen MR) is 117 cm³/mol. The Kier molecular flexibility index (Phi) is 4.87. The summed E-state index contributed by atoms with van der Waals surface area (Å²) in [6.45, 7) is 9.23. The Balaban J connectivity index is 1.83. The molecule has 0 bridgehead atoms. The number of benzene rings is 2. The lowest BCUT2D eigenvalue weighted by molar-refractivity contribution is -0.112. The molecule has 0 N–H and O–H groups in total. The van der Waals surface area contributed by atoms with Gasteiger partial charge in [0.1, 0.15) is 6.29 Å². The van der Waals surface area contributed by atoms with Crippen LogP contribution in [0.3, 0.4) is 0 Å². The van der Waals surface area contributed by atoms with Crippen molar-refractivity contribution < 1.29 is 9.22 Å². The van der Waals surface area contributed by atoms with E-state index in [1.165, 1.54) is 16.7 Å². The molecule has 28 heavy (non-hydrogen) atoms. The summed E-state index contributed by atoms with van der Waals surface area (Å²) in [5, 5.41) is 2.63. The summed E-state index contributed by atoms with van der Waals surface area (Å²) >= 11 is 0. The molecule has 0 aliphatic heterocycles. The first-order chi connectivity index (χ1) is 13.4. The van der Waals surface area contributed by atoms with Gasteiger partial charge >= 0.3 is 0 Å². The van der Waals surface area contributed by atoms with Crippen molar-refractivity contribution in [3.63, 3.8) is 0 Å². The molecule has 0 spiro atoms. The first-order valence-corrected chi connectivity index (χ1v) is 12.5. The molecule has 2 aromatic rings. The van der Waals surface area contributed by atoms with E-state index in [2.05, 4.69) is 88.4 Å². The maximum absolute atomic E-state index is 11.8. The second-order valence-electron chi connectivity index (χ2n) is 9.76. The number of aldehydes is 1. The standard InChI is InChI=1S/C25H32O2Si/c1-5-21-22-16-25(22,18-26)17-23(21)27-28(24(2,3)4,19-12-8-6-9-13-19)20-14-10-7-11-15-20/h6-15,18,21-23H,5,16-17H2,1-4H3/t21-,22-,23+,25+/m1/s1. The molecule has 2 saturated carbocycles. The van der Waals surface area contributed by atoms with Gasteiger partial charge in [0.05, 0.1) is 0 Å². The molecule has 148 valence electrons. The first kappa shape index (κ1) is 19.6. The molecule has 0 saturated heterocycles. The van der Waals surface area contributed by atoms with Crippen molar-refractivity contribution in [2.75, 3.05) is 0 Å². The molecule has 3 heteroatoms. The molecule has 0 heterocycles. The second kappa shape index (κ2) is 6.96. The molecule has 2 aliphatic rings. The molecule has 2 aliphatic carbocycles. The van der Waals surface area contributed by atoms with Crippen LogP contribution in [0, 0.1) is 17.3 Å². The number of fused-ring (bicyclic) bond motifs is 1. The lowest BCUT2D eigenvalue weighted by atomic mass is 9.98. The van der Waals surface area contributed by atoms with Crippen molar-refractivity contribution in [1.29, 1.82) is 0 Å². The van der Waals surface area contributed by atoms with Gasteiger partial charge in [0.15, 0.2) is 0 Å². The lowest BCUT2D eigenvalue weighted by Gasteiger charge is -2.46. The topological polar surface area (TPSA) is 26.3 Å². The van der Waals surface area contributed by atoms with Crippen LogP contribution in [0.15, 0.2) is 60.7 Å². The molecule has 2 aromatic carbocycles. The Labute approximate surface area is 170 Å². The van der Waals surface area contributed by atoms with E-state index in [0.29, 0.717) is 11.8 Å². The van der Waals surface area contributed by atoms with Crippen LogP contribution in [0.1, 0.15) is 47.0 Å². The Hall–Kier alpha value is -1.71. The van der Waals surface area contributed by atoms with E-state index in [4.69, 9.17) is 4.43 Å². The average Bonchev–Trinajstić information content (AvgIpc) is 3.33. The normalized spacial score (nSPS) is 29.4. The van der Waals surface area contributed by atoms with Crippen LogP contribution in [-0.4, -0.2) is 20.7 Å². The number of rotatable bonds is 6. The van der Waals surface area contributed by atoms with Gasteiger partial charge in [-0.1, -0.05) is 94.8 Å². The highest BCUT2D eigenvalue weighted by Gasteiger charge is 2.66. The van der Waals surface area contributed by atoms with Crippen LogP contribution < -0.4 is 10.4 Å². The van der Waals surface area contributed by atoms with Crippen LogP contribution in [-0.2, 0) is 9.22 Å². The van der Waals surface area contributed by atoms with Crippen molar-refractivity contribution in [2.45, 2.75) is 58.1 Å². The van der Waals surface area contributed by atoms with Gasteiger partial charge in [-0.3, -0.25) is 0 Å². The molecule has 0 aromatic heterocycles. The van der Waals surface area contributed by atoms with E-state index in [0.717, 1.165) is 19.3 Å². The minimum Gasteiger partial charge on any atom is -0.404 e. The van der Waals surface area contributed by atoms with E-state index in [9.17, 15) is 4.79 Å². The van der Waals surface area contributed by atoms with Gasteiger partial charge in [-0.15, -0.1) is 0 Å². The van der Waals surface area contributed by atoms with Crippen molar-refractivity contribution in [3.8, 4) is 0 Å². The van der Waals surface area contributed by atoms with Gasteiger partial charge in [-0.2, -0.15) is 0 Å². The SMILES string of the molecule is CC[C@H]1[C@@H](O[Si](c2ccccc2)(c2ccccc2)C(C)(C)C)C[C@]2(C=O)C[C@H]12. The summed E-state index contributed by atoms with van der Waals surface area (Å²) in [5.74, 6) is 1.02. The zero-order chi connectivity index (χ0) is 20.0. The minimum atomic E-state index is -2.54. The lowest BCUT2D eigenvalue weighted by Crippen LogP contribution is -2.68. The minimum absolute atomic E-state index is 0.0187. The molecule has 0 radical (unpaired) electrons. The van der Waals surface area contributed by atoms with Gasteiger partial charge in [0.2, 0.25) is 0 Å². The van der Waals surface area contributed by atoms with E-state index in [1.807, 2.05) is 0 Å². The summed E-state index contributed by atoms with van der Waals surface area (Å²) in [5.41, 5.74) is -0.100. The fourth-order valence-corrected chi connectivity index (χ4v) is 10.5. The Morgan fingerprint density at radius 2 is 1.54 bits per heavy atom. The Bertz CT molecular complexity index is 787. The Morgan fingerprint density at radius 3 is 1.96 bits per heavy atom. The van der Waals surface area contributed by atoms with E-state index < -0.39 is 8.32 Å². The van der Waals surface area contributed by atoms with Crippen LogP contribution in [0.5, 0.6) is 0 Å². The highest BCUT2D eigenvalue weighted by Crippen LogP contribution is 2.66. The first-order valence-electron chi connectivity index (χ1n) is 10.6. The fraction of sp³-hybridized carbons (Fsp3) is 0.480. The Morgan fingerprint density at radius 1 is 1.00 bits per heavy atom. The summed E-state index contributed by atoms with van der Waals surface area (Å²) in [6.07, 6.45) is 4.44. The highest BCUT2D eigenvalue weighted by molar-refractivity contribution is 6.99. The van der Waals surface area contributed by atoms with Crippen molar-refractivity contribution >= 4 is 25.0 Å². The number of carbonyl (C=O) groups excluding carboxylic acids is 1. The number of hydrogen-bond donors (Lipinski definition) is 0. The van der Waals surface area contributed by atoms with Gasteiger partial charge in [0, 0.05) is 11.5 Å². The fourth-order valence-electron chi connectivity index (χ4n) is 5.73. The smallest absolute Gasteiger partial charge is 0.261 e. The molecule has 2 nitrogen and oxygen atoms in total. The quantitative estimate of drug-likeness (QED) is 0.532. The van der Waals surface area contributed by atoms with E-state index >= 15 is 0 Å². The monoisotopic (exact) mass is 392 g/mol. The average molecular weight is 393 g/mol. The molecular weight excluding hydrogens is 360 g/mol. The highest BCUT2D eigenvalue weighted by atomic mass is 28.4. The third kappa shape index (κ3) is 2.91. The summed E-state index contributed by atoms with van der Waals surface area (Å²) < 4.78 is 7.35. The van der Waals surface area contributed by atoms with Gasteiger partial charge in [-0.25, -0.2) is 0 Å². The third-order valence-corrected chi connectivity index (χ3v) is 12.3. The maximum Gasteiger partial charge on any atom is 0.261 e. The van der Waals surface area contributed by atoms with Crippen LogP contribution in [0.2, 0.25) is 5.04 Å². The van der Waals surface area contributed by atoms with Gasteiger partial charge in [0.25, 0.3) is 8.32 Å². The molecule has 0 unspecified atom stereocenters. The van der Waals surface area contributed by atoms with E-state index in [-0.39, 0.29) is 16.6 Å². The molecule has 4 atom stereocenters. The zero-order valence-corrected chi connectivity index (χ0v) is 18.5. The molecular formula is C25H32O2Si. The van der Waals surface area contributed by atoms with Crippen LogP contribution >= 0.6 is 0 Å². The van der Waals surface area contributed by atoms with Gasteiger partial charge < -0.3 is 9.22 Å².